The summed E-state index contributed by atoms with van der Waals surface area (Å²) < 4.78 is 0. The number of nitrogens with zero attached hydrogens (tertiary/aromatic N) is 1. The first-order valence-electron chi connectivity index (χ1n) is 5.54. The predicted octanol–water partition coefficient (Wildman–Crippen LogP) is 1.43. The van der Waals surface area contributed by atoms with Crippen LogP contribution in [0.2, 0.25) is 0 Å². The summed E-state index contributed by atoms with van der Waals surface area (Å²) in [6.07, 6.45) is 0. The van der Waals surface area contributed by atoms with E-state index in [1.807, 2.05) is 24.3 Å². The minimum atomic E-state index is -0.354. The molecular weight excluding hydrogens is 202 g/mol. The average molecular weight is 221 g/mol. The molecule has 0 fully saturated rings. The SMILES string of the molecule is CCN(CC)c1ccc(NCC(N)=O)cc1. The van der Waals surface area contributed by atoms with Gasteiger partial charge >= 0.3 is 0 Å². The van der Waals surface area contributed by atoms with Crippen molar-refractivity contribution in [1.29, 1.82) is 0 Å². The van der Waals surface area contributed by atoms with E-state index in [4.69, 9.17) is 5.73 Å². The number of nitrogens with one attached hydrogen (secondary N) is 1. The Morgan fingerprint density at radius 1 is 1.25 bits per heavy atom. The van der Waals surface area contributed by atoms with Gasteiger partial charge in [-0.05, 0) is 38.1 Å². The van der Waals surface area contributed by atoms with E-state index in [1.165, 1.54) is 5.69 Å². The molecule has 1 rings (SSSR count). The molecule has 4 nitrogen and oxygen atoms in total. The lowest BCUT2D eigenvalue weighted by atomic mass is 10.2. The van der Waals surface area contributed by atoms with E-state index < -0.39 is 0 Å². The molecule has 3 N–H and O–H groups in total. The zero-order valence-corrected chi connectivity index (χ0v) is 9.86. The van der Waals surface area contributed by atoms with Crippen molar-refractivity contribution >= 4 is 17.3 Å². The highest BCUT2D eigenvalue weighted by Gasteiger charge is 2.01. The highest BCUT2D eigenvalue weighted by atomic mass is 16.1. The Bertz CT molecular complexity index is 331. The molecular formula is C12H19N3O. The maximum absolute atomic E-state index is 10.6. The summed E-state index contributed by atoms with van der Waals surface area (Å²) in [5.74, 6) is -0.354. The number of anilines is 2. The molecule has 0 aliphatic heterocycles. The molecule has 0 atom stereocenters. The van der Waals surface area contributed by atoms with Gasteiger partial charge in [0.25, 0.3) is 0 Å². The van der Waals surface area contributed by atoms with E-state index in [0.717, 1.165) is 18.8 Å². The van der Waals surface area contributed by atoms with Crippen LogP contribution >= 0.6 is 0 Å². The predicted molar refractivity (Wildman–Crippen MR) is 67.7 cm³/mol. The summed E-state index contributed by atoms with van der Waals surface area (Å²) in [6.45, 7) is 6.41. The molecule has 1 aromatic carbocycles. The number of primary amides is 1. The highest BCUT2D eigenvalue weighted by molar-refractivity contribution is 5.78. The first-order valence-corrected chi connectivity index (χ1v) is 5.54. The second-order valence-electron chi connectivity index (χ2n) is 3.54. The van der Waals surface area contributed by atoms with Gasteiger partial charge < -0.3 is 16.0 Å². The van der Waals surface area contributed by atoms with Crippen LogP contribution in [-0.2, 0) is 4.79 Å². The van der Waals surface area contributed by atoms with Crippen LogP contribution in [0.25, 0.3) is 0 Å². The monoisotopic (exact) mass is 221 g/mol. The van der Waals surface area contributed by atoms with Gasteiger partial charge in [0.1, 0.15) is 0 Å². The molecule has 16 heavy (non-hydrogen) atoms. The van der Waals surface area contributed by atoms with Crippen molar-refractivity contribution in [3.63, 3.8) is 0 Å². The van der Waals surface area contributed by atoms with E-state index in [9.17, 15) is 4.79 Å². The van der Waals surface area contributed by atoms with Crippen molar-refractivity contribution in [1.82, 2.24) is 0 Å². The van der Waals surface area contributed by atoms with Gasteiger partial charge in [-0.1, -0.05) is 0 Å². The van der Waals surface area contributed by atoms with Crippen molar-refractivity contribution in [2.45, 2.75) is 13.8 Å². The van der Waals surface area contributed by atoms with E-state index in [0.29, 0.717) is 0 Å². The molecule has 0 unspecified atom stereocenters. The third-order valence-corrected chi connectivity index (χ3v) is 2.46. The van der Waals surface area contributed by atoms with Crippen LogP contribution < -0.4 is 16.0 Å². The largest absolute Gasteiger partial charge is 0.376 e. The zero-order valence-electron chi connectivity index (χ0n) is 9.86. The number of benzene rings is 1. The first kappa shape index (κ1) is 12.4. The summed E-state index contributed by atoms with van der Waals surface area (Å²) in [7, 11) is 0. The lowest BCUT2D eigenvalue weighted by molar-refractivity contribution is -0.116. The van der Waals surface area contributed by atoms with Crippen LogP contribution in [0.5, 0.6) is 0 Å². The van der Waals surface area contributed by atoms with Gasteiger partial charge in [0.2, 0.25) is 5.91 Å². The third kappa shape index (κ3) is 3.46. The summed E-state index contributed by atoms with van der Waals surface area (Å²) >= 11 is 0. The van der Waals surface area contributed by atoms with Crippen molar-refractivity contribution < 1.29 is 4.79 Å². The van der Waals surface area contributed by atoms with E-state index in [-0.39, 0.29) is 12.5 Å². The number of rotatable bonds is 6. The lowest BCUT2D eigenvalue weighted by Gasteiger charge is -2.21. The van der Waals surface area contributed by atoms with Gasteiger partial charge in [-0.15, -0.1) is 0 Å². The standard InChI is InChI=1S/C12H19N3O/c1-3-15(4-2)11-7-5-10(6-8-11)14-9-12(13)16/h5-8,14H,3-4,9H2,1-2H3,(H2,13,16). The topological polar surface area (TPSA) is 58.4 Å². The number of hydrogen-bond donors (Lipinski definition) is 2. The summed E-state index contributed by atoms with van der Waals surface area (Å²) in [6, 6.07) is 7.99. The second kappa shape index (κ2) is 6.00. The maximum Gasteiger partial charge on any atom is 0.236 e. The van der Waals surface area contributed by atoms with Crippen molar-refractivity contribution in [2.75, 3.05) is 29.9 Å². The fourth-order valence-electron chi connectivity index (χ4n) is 1.57. The summed E-state index contributed by atoms with van der Waals surface area (Å²) in [5, 5.41) is 2.95. The molecule has 88 valence electrons. The van der Waals surface area contributed by atoms with Crippen LogP contribution in [0.4, 0.5) is 11.4 Å². The van der Waals surface area contributed by atoms with E-state index in [1.54, 1.807) is 0 Å². The summed E-state index contributed by atoms with van der Waals surface area (Å²) in [5.41, 5.74) is 7.15. The van der Waals surface area contributed by atoms with Crippen LogP contribution in [0, 0.1) is 0 Å². The van der Waals surface area contributed by atoms with Gasteiger partial charge in [0.15, 0.2) is 0 Å². The quantitative estimate of drug-likeness (QED) is 0.764. The van der Waals surface area contributed by atoms with Gasteiger partial charge in [-0.2, -0.15) is 0 Å². The molecule has 0 bridgehead atoms. The molecule has 0 saturated heterocycles. The molecule has 0 heterocycles. The highest BCUT2D eigenvalue weighted by Crippen LogP contribution is 2.17. The molecule has 4 heteroatoms. The van der Waals surface area contributed by atoms with Crippen LogP contribution in [0.1, 0.15) is 13.8 Å². The zero-order chi connectivity index (χ0) is 12.0. The minimum Gasteiger partial charge on any atom is -0.376 e. The van der Waals surface area contributed by atoms with Crippen molar-refractivity contribution in [3.05, 3.63) is 24.3 Å². The number of carbonyl (C=O) groups excluding carboxylic acids is 1. The van der Waals surface area contributed by atoms with Crippen molar-refractivity contribution in [3.8, 4) is 0 Å². The van der Waals surface area contributed by atoms with Gasteiger partial charge in [0.05, 0.1) is 6.54 Å². The van der Waals surface area contributed by atoms with E-state index >= 15 is 0 Å². The Balaban J connectivity index is 2.63. The number of amides is 1. The summed E-state index contributed by atoms with van der Waals surface area (Å²) in [4.78, 5) is 12.9. The smallest absolute Gasteiger partial charge is 0.236 e. The fourth-order valence-corrected chi connectivity index (χ4v) is 1.57. The normalized spacial score (nSPS) is 9.88. The van der Waals surface area contributed by atoms with Gasteiger partial charge in [-0.3, -0.25) is 4.79 Å². The van der Waals surface area contributed by atoms with Crippen molar-refractivity contribution in [2.24, 2.45) is 5.73 Å². The molecule has 0 saturated carbocycles. The average Bonchev–Trinajstić information content (AvgIpc) is 2.29. The van der Waals surface area contributed by atoms with Gasteiger partial charge in [-0.25, -0.2) is 0 Å². The fraction of sp³-hybridized carbons (Fsp3) is 0.417. The Kier molecular flexibility index (Phi) is 4.64. The molecule has 1 aromatic rings. The molecule has 0 radical (unpaired) electrons. The number of nitrogens with two attached hydrogens (primary N) is 1. The Morgan fingerprint density at radius 3 is 2.25 bits per heavy atom. The molecule has 0 aliphatic carbocycles. The molecule has 0 aromatic heterocycles. The Hall–Kier alpha value is -1.71. The Morgan fingerprint density at radius 2 is 1.81 bits per heavy atom. The minimum absolute atomic E-state index is 0.171. The van der Waals surface area contributed by atoms with Gasteiger partial charge in [0, 0.05) is 24.5 Å². The Labute approximate surface area is 96.4 Å². The molecule has 1 amide bonds. The maximum atomic E-state index is 10.6. The molecule has 0 spiro atoms. The van der Waals surface area contributed by atoms with Crippen LogP contribution in [0.15, 0.2) is 24.3 Å². The van der Waals surface area contributed by atoms with E-state index in [2.05, 4.69) is 24.1 Å². The number of hydrogen-bond acceptors (Lipinski definition) is 3. The molecule has 0 aliphatic rings. The second-order valence-corrected chi connectivity index (χ2v) is 3.54. The van der Waals surface area contributed by atoms with Crippen LogP contribution in [-0.4, -0.2) is 25.5 Å². The van der Waals surface area contributed by atoms with Crippen LogP contribution in [0.3, 0.4) is 0 Å². The third-order valence-electron chi connectivity index (χ3n) is 2.46. The first-order chi connectivity index (χ1) is 7.67. The number of carbonyl (C=O) groups is 1. The lowest BCUT2D eigenvalue weighted by Crippen LogP contribution is -2.22.